The van der Waals surface area contributed by atoms with Gasteiger partial charge in [0.15, 0.2) is 0 Å². The van der Waals surface area contributed by atoms with E-state index in [1.54, 1.807) is 25.3 Å². The van der Waals surface area contributed by atoms with Gasteiger partial charge in [0.1, 0.15) is 17.3 Å². The van der Waals surface area contributed by atoms with Crippen molar-refractivity contribution in [1.82, 2.24) is 14.8 Å². The molecule has 0 saturated carbocycles. The summed E-state index contributed by atoms with van der Waals surface area (Å²) in [6.07, 6.45) is 2.01. The average Bonchev–Trinajstić information content (AvgIpc) is 3.06. The Hall–Kier alpha value is -3.22. The first-order valence-electron chi connectivity index (χ1n) is 9.62. The highest BCUT2D eigenvalue weighted by atomic mass is 19.1. The molecule has 29 heavy (non-hydrogen) atoms. The Kier molecular flexibility index (Phi) is 4.82. The van der Waals surface area contributed by atoms with E-state index in [-0.39, 0.29) is 17.1 Å². The highest BCUT2D eigenvalue weighted by molar-refractivity contribution is 5.91. The monoisotopic (exact) mass is 394 g/mol. The van der Waals surface area contributed by atoms with Gasteiger partial charge in [0.2, 0.25) is 11.8 Å². The van der Waals surface area contributed by atoms with Crippen LogP contribution in [0.1, 0.15) is 27.2 Å². The van der Waals surface area contributed by atoms with Gasteiger partial charge in [-0.3, -0.25) is 4.79 Å². The fourth-order valence-corrected chi connectivity index (χ4v) is 3.37. The number of nitrogens with one attached hydrogen (secondary N) is 1. The van der Waals surface area contributed by atoms with Gasteiger partial charge in [0.05, 0.1) is 18.7 Å². The van der Waals surface area contributed by atoms with Crippen LogP contribution in [0.2, 0.25) is 0 Å². The SMILES string of the molecule is CCC(=O)Nc1cc(-c2c(-c3ccc(F)cc3)nn3c2OCC(C)(C)C3)ccn1. The number of hydrogen-bond donors (Lipinski definition) is 1. The van der Waals surface area contributed by atoms with Crippen LogP contribution in [0.5, 0.6) is 5.88 Å². The number of rotatable bonds is 4. The Morgan fingerprint density at radius 1 is 1.24 bits per heavy atom. The number of pyridine rings is 1. The molecule has 1 aliphatic heterocycles. The number of anilines is 1. The first-order valence-corrected chi connectivity index (χ1v) is 9.62. The molecule has 1 aromatic carbocycles. The van der Waals surface area contributed by atoms with Gasteiger partial charge in [-0.1, -0.05) is 20.8 Å². The standard InChI is InChI=1S/C22H23FN4O2/c1-4-18(28)25-17-11-15(9-10-24-17)19-20(14-5-7-16(23)8-6-14)26-27-12-22(2,3)13-29-21(19)27/h5-11H,4,12-13H2,1-3H3,(H,24,25,28). The van der Waals surface area contributed by atoms with E-state index in [9.17, 15) is 9.18 Å². The molecule has 1 N–H and O–H groups in total. The molecule has 7 heteroatoms. The minimum atomic E-state index is -0.301. The zero-order valence-electron chi connectivity index (χ0n) is 16.7. The van der Waals surface area contributed by atoms with Crippen LogP contribution in [0, 0.1) is 11.2 Å². The van der Waals surface area contributed by atoms with Crippen molar-refractivity contribution in [1.29, 1.82) is 0 Å². The maximum Gasteiger partial charge on any atom is 0.225 e. The lowest BCUT2D eigenvalue weighted by Crippen LogP contribution is -2.33. The number of benzene rings is 1. The van der Waals surface area contributed by atoms with Crippen molar-refractivity contribution in [2.45, 2.75) is 33.7 Å². The maximum absolute atomic E-state index is 13.5. The predicted molar refractivity (Wildman–Crippen MR) is 109 cm³/mol. The van der Waals surface area contributed by atoms with E-state index in [1.807, 2.05) is 16.8 Å². The van der Waals surface area contributed by atoms with Gasteiger partial charge in [0.25, 0.3) is 0 Å². The molecule has 3 aromatic rings. The minimum absolute atomic E-state index is 0.0468. The summed E-state index contributed by atoms with van der Waals surface area (Å²) < 4.78 is 21.4. The maximum atomic E-state index is 13.5. The molecule has 150 valence electrons. The Morgan fingerprint density at radius 3 is 2.72 bits per heavy atom. The molecule has 6 nitrogen and oxygen atoms in total. The summed E-state index contributed by atoms with van der Waals surface area (Å²) in [5.74, 6) is 0.728. The zero-order chi connectivity index (χ0) is 20.6. The molecule has 0 radical (unpaired) electrons. The van der Waals surface area contributed by atoms with Gasteiger partial charge < -0.3 is 10.1 Å². The first-order chi connectivity index (χ1) is 13.9. The Bertz CT molecular complexity index is 1060. The summed E-state index contributed by atoms with van der Waals surface area (Å²) in [7, 11) is 0. The second-order valence-corrected chi connectivity index (χ2v) is 7.98. The molecule has 0 bridgehead atoms. The number of ether oxygens (including phenoxy) is 1. The third-order valence-electron chi connectivity index (χ3n) is 4.84. The highest BCUT2D eigenvalue weighted by Gasteiger charge is 2.32. The number of hydrogen-bond acceptors (Lipinski definition) is 4. The molecule has 3 heterocycles. The molecule has 1 aliphatic rings. The van der Waals surface area contributed by atoms with E-state index in [2.05, 4.69) is 24.1 Å². The Balaban J connectivity index is 1.86. The fourth-order valence-electron chi connectivity index (χ4n) is 3.37. The zero-order valence-corrected chi connectivity index (χ0v) is 16.7. The summed E-state index contributed by atoms with van der Waals surface area (Å²) in [6.45, 7) is 7.31. The molecule has 0 atom stereocenters. The van der Waals surface area contributed by atoms with Gasteiger partial charge in [-0.2, -0.15) is 5.10 Å². The molecule has 0 spiro atoms. The van der Waals surface area contributed by atoms with Crippen LogP contribution in [-0.4, -0.2) is 27.3 Å². The summed E-state index contributed by atoms with van der Waals surface area (Å²) in [5.41, 5.74) is 3.08. The molecule has 4 rings (SSSR count). The van der Waals surface area contributed by atoms with E-state index in [1.165, 1.54) is 12.1 Å². The van der Waals surface area contributed by atoms with E-state index in [0.29, 0.717) is 37.0 Å². The van der Waals surface area contributed by atoms with Crippen molar-refractivity contribution in [3.63, 3.8) is 0 Å². The third kappa shape index (κ3) is 3.85. The normalized spacial score (nSPS) is 14.8. The van der Waals surface area contributed by atoms with Crippen LogP contribution < -0.4 is 10.1 Å². The molecule has 0 saturated heterocycles. The second kappa shape index (κ2) is 7.31. The summed E-state index contributed by atoms with van der Waals surface area (Å²) in [4.78, 5) is 16.0. The van der Waals surface area contributed by atoms with Crippen LogP contribution in [-0.2, 0) is 11.3 Å². The number of amides is 1. The van der Waals surface area contributed by atoms with Gasteiger partial charge in [-0.05, 0) is 42.0 Å². The third-order valence-corrected chi connectivity index (χ3v) is 4.84. The Labute approximate surface area is 168 Å². The molecular weight excluding hydrogens is 371 g/mol. The van der Waals surface area contributed by atoms with E-state index in [0.717, 1.165) is 16.7 Å². The summed E-state index contributed by atoms with van der Waals surface area (Å²) in [5, 5.41) is 7.58. The van der Waals surface area contributed by atoms with Gasteiger partial charge in [0, 0.05) is 23.6 Å². The number of carbonyl (C=O) groups excluding carboxylic acids is 1. The van der Waals surface area contributed by atoms with Crippen LogP contribution in [0.25, 0.3) is 22.4 Å². The molecule has 2 aromatic heterocycles. The topological polar surface area (TPSA) is 69.0 Å². The fraction of sp³-hybridized carbons (Fsp3) is 0.318. The Morgan fingerprint density at radius 2 is 2.00 bits per heavy atom. The van der Waals surface area contributed by atoms with Crippen LogP contribution in [0.4, 0.5) is 10.2 Å². The van der Waals surface area contributed by atoms with Crippen LogP contribution in [0.15, 0.2) is 42.6 Å². The van der Waals surface area contributed by atoms with Crippen LogP contribution >= 0.6 is 0 Å². The van der Waals surface area contributed by atoms with Crippen molar-refractivity contribution in [2.75, 3.05) is 11.9 Å². The van der Waals surface area contributed by atoms with Gasteiger partial charge in [-0.25, -0.2) is 14.1 Å². The molecule has 0 unspecified atom stereocenters. The molecule has 0 fully saturated rings. The van der Waals surface area contributed by atoms with Crippen molar-refractivity contribution >= 4 is 11.7 Å². The number of carbonyl (C=O) groups is 1. The van der Waals surface area contributed by atoms with Gasteiger partial charge >= 0.3 is 0 Å². The number of halogens is 1. The molecular formula is C22H23FN4O2. The number of aromatic nitrogens is 3. The van der Waals surface area contributed by atoms with Crippen LogP contribution in [0.3, 0.4) is 0 Å². The quantitative estimate of drug-likeness (QED) is 0.706. The second-order valence-electron chi connectivity index (χ2n) is 7.98. The lowest BCUT2D eigenvalue weighted by atomic mass is 9.94. The van der Waals surface area contributed by atoms with Gasteiger partial charge in [-0.15, -0.1) is 0 Å². The van der Waals surface area contributed by atoms with Crippen molar-refractivity contribution in [2.24, 2.45) is 5.41 Å². The molecule has 1 amide bonds. The number of nitrogens with zero attached hydrogens (tertiary/aromatic N) is 3. The smallest absolute Gasteiger partial charge is 0.225 e. The predicted octanol–water partition coefficient (Wildman–Crippen LogP) is 4.52. The molecule has 0 aliphatic carbocycles. The first kappa shape index (κ1) is 19.1. The van der Waals surface area contributed by atoms with Crippen molar-refractivity contribution in [3.05, 3.63) is 48.4 Å². The summed E-state index contributed by atoms with van der Waals surface area (Å²) in [6, 6.07) is 9.92. The van der Waals surface area contributed by atoms with E-state index < -0.39 is 0 Å². The number of fused-ring (bicyclic) bond motifs is 1. The highest BCUT2D eigenvalue weighted by Crippen LogP contribution is 2.43. The van der Waals surface area contributed by atoms with E-state index >= 15 is 0 Å². The van der Waals surface area contributed by atoms with Crippen molar-refractivity contribution < 1.29 is 13.9 Å². The summed E-state index contributed by atoms with van der Waals surface area (Å²) >= 11 is 0. The lowest BCUT2D eigenvalue weighted by molar-refractivity contribution is -0.115. The lowest BCUT2D eigenvalue weighted by Gasteiger charge is -2.30. The largest absolute Gasteiger partial charge is 0.477 e. The minimum Gasteiger partial charge on any atom is -0.477 e. The average molecular weight is 394 g/mol. The van der Waals surface area contributed by atoms with E-state index in [4.69, 9.17) is 9.84 Å². The van der Waals surface area contributed by atoms with Crippen molar-refractivity contribution in [3.8, 4) is 28.3 Å².